The van der Waals surface area contributed by atoms with Gasteiger partial charge in [0.05, 0.1) is 0 Å². The minimum Gasteiger partial charge on any atom is -0.335 e. The summed E-state index contributed by atoms with van der Waals surface area (Å²) in [6.45, 7) is 0.288. The van der Waals surface area contributed by atoms with Crippen molar-refractivity contribution < 1.29 is 22.4 Å². The van der Waals surface area contributed by atoms with Gasteiger partial charge in [-0.05, 0) is 49.8 Å². The van der Waals surface area contributed by atoms with E-state index >= 15 is 0 Å². The highest BCUT2D eigenvalue weighted by Crippen LogP contribution is 2.34. The number of nitrogens with zero attached hydrogens (tertiary/aromatic N) is 2. The van der Waals surface area contributed by atoms with Gasteiger partial charge in [-0.3, -0.25) is 10.00 Å². The quantitative estimate of drug-likeness (QED) is 0.770. The van der Waals surface area contributed by atoms with Crippen molar-refractivity contribution >= 4 is 11.8 Å². The number of aryl methyl sites for hydroxylation is 1. The molecule has 1 heterocycles. The zero-order chi connectivity index (χ0) is 19.6. The molecule has 1 aromatic carbocycles. The van der Waals surface area contributed by atoms with Crippen LogP contribution in [0, 0.1) is 12.7 Å². The Morgan fingerprint density at radius 1 is 1.26 bits per heavy atom. The van der Waals surface area contributed by atoms with Crippen LogP contribution in [0.2, 0.25) is 0 Å². The molecule has 3 rings (SSSR count). The van der Waals surface area contributed by atoms with Crippen LogP contribution in [0.3, 0.4) is 0 Å². The molecule has 1 saturated carbocycles. The number of benzene rings is 1. The van der Waals surface area contributed by atoms with Crippen LogP contribution >= 0.6 is 0 Å². The third-order valence-electron chi connectivity index (χ3n) is 4.66. The normalized spacial score (nSPS) is 19.9. The number of halogens is 4. The summed E-state index contributed by atoms with van der Waals surface area (Å²) in [6, 6.07) is 7.16. The lowest BCUT2D eigenvalue weighted by Gasteiger charge is -2.14. The first-order valence-corrected chi connectivity index (χ1v) is 8.64. The van der Waals surface area contributed by atoms with Crippen molar-refractivity contribution in [3.8, 4) is 0 Å². The van der Waals surface area contributed by atoms with E-state index in [-0.39, 0.29) is 23.6 Å². The Labute approximate surface area is 153 Å². The molecule has 27 heavy (non-hydrogen) atoms. The smallest absolute Gasteiger partial charge is 0.335 e. The van der Waals surface area contributed by atoms with Crippen molar-refractivity contribution in [2.75, 3.05) is 5.32 Å². The number of nitrogens with one attached hydrogen (secondary N) is 2. The number of urea groups is 1. The fourth-order valence-electron chi connectivity index (χ4n) is 3.39. The third-order valence-corrected chi connectivity index (χ3v) is 4.66. The van der Waals surface area contributed by atoms with Crippen molar-refractivity contribution in [1.29, 1.82) is 0 Å². The SMILES string of the molecule is Cc1cc(NC(=O)NC2CCC(c3ccc(F)cc3)C2)nn1CC(F)(F)F. The Balaban J connectivity index is 1.53. The molecule has 0 saturated heterocycles. The number of hydrogen-bond donors (Lipinski definition) is 2. The molecule has 0 bridgehead atoms. The van der Waals surface area contributed by atoms with Crippen LogP contribution in [0.25, 0.3) is 0 Å². The van der Waals surface area contributed by atoms with E-state index in [0.717, 1.165) is 29.5 Å². The molecule has 0 aliphatic heterocycles. The third kappa shape index (κ3) is 5.21. The summed E-state index contributed by atoms with van der Waals surface area (Å²) in [5.74, 6) is 0.0255. The largest absolute Gasteiger partial charge is 0.408 e. The Kier molecular flexibility index (Phi) is 5.38. The number of anilines is 1. The molecule has 1 fully saturated rings. The van der Waals surface area contributed by atoms with Gasteiger partial charge in [-0.25, -0.2) is 9.18 Å². The van der Waals surface area contributed by atoms with Gasteiger partial charge in [0.2, 0.25) is 0 Å². The molecule has 2 N–H and O–H groups in total. The molecule has 9 heteroatoms. The predicted molar refractivity (Wildman–Crippen MR) is 92.0 cm³/mol. The second-order valence-electron chi connectivity index (χ2n) is 6.80. The number of amides is 2. The zero-order valence-electron chi connectivity index (χ0n) is 14.7. The van der Waals surface area contributed by atoms with Crippen molar-refractivity contribution in [1.82, 2.24) is 15.1 Å². The van der Waals surface area contributed by atoms with Gasteiger partial charge >= 0.3 is 12.2 Å². The highest BCUT2D eigenvalue weighted by molar-refractivity contribution is 5.88. The molecule has 2 unspecified atom stereocenters. The van der Waals surface area contributed by atoms with Crippen LogP contribution in [-0.2, 0) is 6.54 Å². The molecular weight excluding hydrogens is 364 g/mol. The highest BCUT2D eigenvalue weighted by atomic mass is 19.4. The van der Waals surface area contributed by atoms with E-state index in [2.05, 4.69) is 15.7 Å². The van der Waals surface area contributed by atoms with E-state index in [1.165, 1.54) is 25.1 Å². The van der Waals surface area contributed by atoms with E-state index in [1.807, 2.05) is 0 Å². The summed E-state index contributed by atoms with van der Waals surface area (Å²) in [6.07, 6.45) is -2.01. The molecule has 2 atom stereocenters. The van der Waals surface area contributed by atoms with Gasteiger partial charge < -0.3 is 5.32 Å². The first-order valence-electron chi connectivity index (χ1n) is 8.64. The molecule has 1 aliphatic carbocycles. The van der Waals surface area contributed by atoms with E-state index in [4.69, 9.17) is 0 Å². The summed E-state index contributed by atoms with van der Waals surface area (Å²) < 4.78 is 51.3. The van der Waals surface area contributed by atoms with Crippen LogP contribution in [0.1, 0.15) is 36.4 Å². The van der Waals surface area contributed by atoms with Gasteiger partial charge in [0.25, 0.3) is 0 Å². The minimum absolute atomic E-state index is 0.0570. The van der Waals surface area contributed by atoms with Gasteiger partial charge in [-0.15, -0.1) is 0 Å². The standard InChI is InChI=1S/C18H20F4N4O/c1-11-8-16(25-26(11)10-18(20,21)22)24-17(27)23-15-7-4-13(9-15)12-2-5-14(19)6-3-12/h2-3,5-6,8,13,15H,4,7,9-10H2,1H3,(H2,23,24,25,27). The van der Waals surface area contributed by atoms with Crippen LogP contribution in [0.5, 0.6) is 0 Å². The van der Waals surface area contributed by atoms with E-state index in [9.17, 15) is 22.4 Å². The van der Waals surface area contributed by atoms with Gasteiger partial charge in [-0.2, -0.15) is 18.3 Å². The number of carbonyl (C=O) groups excluding carboxylic acids is 1. The molecule has 2 aromatic rings. The summed E-state index contributed by atoms with van der Waals surface area (Å²) in [4.78, 5) is 12.1. The number of alkyl halides is 3. The molecular formula is C18H20F4N4O. The second-order valence-corrected chi connectivity index (χ2v) is 6.80. The number of rotatable bonds is 4. The molecule has 0 spiro atoms. The minimum atomic E-state index is -4.38. The maximum absolute atomic E-state index is 13.0. The maximum atomic E-state index is 13.0. The van der Waals surface area contributed by atoms with E-state index in [0.29, 0.717) is 5.69 Å². The Bertz CT molecular complexity index is 801. The average Bonchev–Trinajstić information content (AvgIpc) is 3.14. The molecule has 146 valence electrons. The molecule has 5 nitrogen and oxygen atoms in total. The van der Waals surface area contributed by atoms with Crippen LogP contribution in [-0.4, -0.2) is 28.0 Å². The fraction of sp³-hybridized carbons (Fsp3) is 0.444. The van der Waals surface area contributed by atoms with Gasteiger partial charge in [0, 0.05) is 17.8 Å². The lowest BCUT2D eigenvalue weighted by Crippen LogP contribution is -2.36. The second kappa shape index (κ2) is 7.58. The Morgan fingerprint density at radius 2 is 1.96 bits per heavy atom. The molecule has 2 amide bonds. The van der Waals surface area contributed by atoms with Crippen molar-refractivity contribution in [3.05, 3.63) is 47.4 Å². The van der Waals surface area contributed by atoms with Crippen LogP contribution in [0.15, 0.2) is 30.3 Å². The number of aromatic nitrogens is 2. The van der Waals surface area contributed by atoms with Crippen molar-refractivity contribution in [3.63, 3.8) is 0 Å². The van der Waals surface area contributed by atoms with Crippen LogP contribution < -0.4 is 10.6 Å². The molecule has 1 aromatic heterocycles. The Morgan fingerprint density at radius 3 is 2.63 bits per heavy atom. The number of carbonyl (C=O) groups is 1. The Hall–Kier alpha value is -2.58. The van der Waals surface area contributed by atoms with Crippen molar-refractivity contribution in [2.45, 2.75) is 50.9 Å². The summed E-state index contributed by atoms with van der Waals surface area (Å²) >= 11 is 0. The van der Waals surface area contributed by atoms with Gasteiger partial charge in [0.15, 0.2) is 5.82 Å². The average molecular weight is 384 g/mol. The molecule has 1 aliphatic rings. The lowest BCUT2D eigenvalue weighted by molar-refractivity contribution is -0.142. The van der Waals surface area contributed by atoms with Crippen molar-refractivity contribution in [2.24, 2.45) is 0 Å². The van der Waals surface area contributed by atoms with E-state index in [1.54, 1.807) is 12.1 Å². The fourth-order valence-corrected chi connectivity index (χ4v) is 3.39. The topological polar surface area (TPSA) is 59.0 Å². The number of hydrogen-bond acceptors (Lipinski definition) is 2. The summed E-state index contributed by atoms with van der Waals surface area (Å²) in [5.41, 5.74) is 1.34. The van der Waals surface area contributed by atoms with Crippen LogP contribution in [0.4, 0.5) is 28.2 Å². The lowest BCUT2D eigenvalue weighted by atomic mass is 9.97. The maximum Gasteiger partial charge on any atom is 0.408 e. The van der Waals surface area contributed by atoms with E-state index < -0.39 is 18.8 Å². The predicted octanol–water partition coefficient (Wildman–Crippen LogP) is 4.35. The summed E-state index contributed by atoms with van der Waals surface area (Å²) in [5, 5.41) is 9.07. The highest BCUT2D eigenvalue weighted by Gasteiger charge is 2.30. The van der Waals surface area contributed by atoms with Gasteiger partial charge in [-0.1, -0.05) is 12.1 Å². The summed E-state index contributed by atoms with van der Waals surface area (Å²) in [7, 11) is 0. The van der Waals surface area contributed by atoms with Gasteiger partial charge in [0.1, 0.15) is 12.4 Å². The monoisotopic (exact) mass is 384 g/mol. The zero-order valence-corrected chi connectivity index (χ0v) is 14.7. The first kappa shape index (κ1) is 19.2. The first-order chi connectivity index (χ1) is 12.7. The molecule has 0 radical (unpaired) electrons.